The predicted molar refractivity (Wildman–Crippen MR) is 106 cm³/mol. The standard InChI is InChI=1S/C23H36O2/c1-2-3-4-5-6-7-8-9-10-11-12-13-15-21-16-14-17-22(18-21)24-19-23-20-25-23/h8-9,14,16-18,23H,2-7,10-13,15,19-20H2,1H3/b9-8+. The molecular weight excluding hydrogens is 308 g/mol. The fraction of sp³-hybridized carbons (Fsp3) is 0.652. The van der Waals surface area contributed by atoms with Crippen LogP contribution in [-0.4, -0.2) is 19.3 Å². The summed E-state index contributed by atoms with van der Waals surface area (Å²) in [6.45, 7) is 3.82. The summed E-state index contributed by atoms with van der Waals surface area (Å²) in [7, 11) is 0. The number of unbranched alkanes of at least 4 members (excludes halogenated alkanes) is 8. The Labute approximate surface area is 154 Å². The van der Waals surface area contributed by atoms with Crippen LogP contribution >= 0.6 is 0 Å². The predicted octanol–water partition coefficient (Wildman–Crippen LogP) is 6.48. The zero-order valence-corrected chi connectivity index (χ0v) is 16.1. The molecule has 1 heterocycles. The molecule has 0 bridgehead atoms. The summed E-state index contributed by atoms with van der Waals surface area (Å²) in [5.41, 5.74) is 1.39. The molecule has 2 heteroatoms. The van der Waals surface area contributed by atoms with Gasteiger partial charge in [-0.15, -0.1) is 0 Å². The van der Waals surface area contributed by atoms with E-state index in [1.54, 1.807) is 0 Å². The third kappa shape index (κ3) is 10.3. The lowest BCUT2D eigenvalue weighted by Gasteiger charge is -2.06. The van der Waals surface area contributed by atoms with E-state index >= 15 is 0 Å². The quantitative estimate of drug-likeness (QED) is 0.206. The zero-order chi connectivity index (χ0) is 17.6. The van der Waals surface area contributed by atoms with Crippen LogP contribution in [0.15, 0.2) is 36.4 Å². The first-order valence-electron chi connectivity index (χ1n) is 10.4. The molecule has 1 aromatic carbocycles. The van der Waals surface area contributed by atoms with Gasteiger partial charge >= 0.3 is 0 Å². The van der Waals surface area contributed by atoms with Crippen molar-refractivity contribution in [1.29, 1.82) is 0 Å². The molecule has 0 amide bonds. The van der Waals surface area contributed by atoms with E-state index < -0.39 is 0 Å². The minimum Gasteiger partial charge on any atom is -0.491 e. The molecular formula is C23H36O2. The third-order valence-electron chi connectivity index (χ3n) is 4.71. The van der Waals surface area contributed by atoms with Crippen LogP contribution in [0.3, 0.4) is 0 Å². The number of hydrogen-bond acceptors (Lipinski definition) is 2. The van der Waals surface area contributed by atoms with Gasteiger partial charge in [-0.3, -0.25) is 0 Å². The molecule has 0 aliphatic carbocycles. The summed E-state index contributed by atoms with van der Waals surface area (Å²) in [5, 5.41) is 0. The Morgan fingerprint density at radius 3 is 2.44 bits per heavy atom. The lowest BCUT2D eigenvalue weighted by molar-refractivity contribution is 0.263. The van der Waals surface area contributed by atoms with Crippen molar-refractivity contribution in [3.63, 3.8) is 0 Å². The molecule has 25 heavy (non-hydrogen) atoms. The van der Waals surface area contributed by atoms with Gasteiger partial charge < -0.3 is 9.47 Å². The first-order chi connectivity index (χ1) is 12.4. The highest BCUT2D eigenvalue weighted by Gasteiger charge is 2.22. The molecule has 1 aliphatic rings. The second kappa shape index (κ2) is 13.0. The monoisotopic (exact) mass is 344 g/mol. The van der Waals surface area contributed by atoms with Crippen LogP contribution in [0.5, 0.6) is 5.75 Å². The average molecular weight is 345 g/mol. The van der Waals surface area contributed by atoms with Crippen LogP contribution < -0.4 is 4.74 Å². The maximum Gasteiger partial charge on any atom is 0.119 e. The fourth-order valence-electron chi connectivity index (χ4n) is 3.01. The summed E-state index contributed by atoms with van der Waals surface area (Å²) in [6, 6.07) is 8.53. The smallest absolute Gasteiger partial charge is 0.119 e. The van der Waals surface area contributed by atoms with E-state index in [-0.39, 0.29) is 0 Å². The molecule has 0 saturated carbocycles. The molecule has 1 fully saturated rings. The van der Waals surface area contributed by atoms with E-state index in [1.165, 1.54) is 69.8 Å². The van der Waals surface area contributed by atoms with Crippen LogP contribution in [0.25, 0.3) is 0 Å². The van der Waals surface area contributed by atoms with Crippen molar-refractivity contribution >= 4 is 0 Å². The van der Waals surface area contributed by atoms with E-state index in [4.69, 9.17) is 9.47 Å². The first kappa shape index (κ1) is 20.0. The molecule has 0 aromatic heterocycles. The molecule has 1 unspecified atom stereocenters. The van der Waals surface area contributed by atoms with Crippen LogP contribution in [-0.2, 0) is 11.2 Å². The number of allylic oxidation sites excluding steroid dienone is 2. The molecule has 0 spiro atoms. The van der Waals surface area contributed by atoms with Crippen molar-refractivity contribution in [3.8, 4) is 5.75 Å². The Morgan fingerprint density at radius 1 is 1.00 bits per heavy atom. The molecule has 0 radical (unpaired) electrons. The maximum atomic E-state index is 5.75. The number of aryl methyl sites for hydroxylation is 1. The highest BCUT2D eigenvalue weighted by Crippen LogP contribution is 2.18. The Hall–Kier alpha value is -1.28. The van der Waals surface area contributed by atoms with Crippen molar-refractivity contribution in [2.24, 2.45) is 0 Å². The van der Waals surface area contributed by atoms with Gasteiger partial charge in [-0.1, -0.05) is 63.3 Å². The second-order valence-corrected chi connectivity index (χ2v) is 7.19. The highest BCUT2D eigenvalue weighted by atomic mass is 16.6. The lowest BCUT2D eigenvalue weighted by atomic mass is 10.1. The van der Waals surface area contributed by atoms with Gasteiger partial charge in [-0.05, 0) is 56.2 Å². The zero-order valence-electron chi connectivity index (χ0n) is 16.1. The molecule has 0 N–H and O–H groups in total. The largest absolute Gasteiger partial charge is 0.491 e. The van der Waals surface area contributed by atoms with Crippen molar-refractivity contribution in [2.75, 3.05) is 13.2 Å². The number of ether oxygens (including phenoxy) is 2. The van der Waals surface area contributed by atoms with Gasteiger partial charge in [0.05, 0.1) is 6.61 Å². The number of rotatable bonds is 15. The molecule has 1 saturated heterocycles. The third-order valence-corrected chi connectivity index (χ3v) is 4.71. The number of benzene rings is 1. The van der Waals surface area contributed by atoms with Gasteiger partial charge in [0.25, 0.3) is 0 Å². The van der Waals surface area contributed by atoms with Crippen molar-refractivity contribution in [1.82, 2.24) is 0 Å². The van der Waals surface area contributed by atoms with Gasteiger partial charge in [0.15, 0.2) is 0 Å². The number of hydrogen-bond donors (Lipinski definition) is 0. The van der Waals surface area contributed by atoms with E-state index in [0.717, 1.165) is 18.8 Å². The van der Waals surface area contributed by atoms with Crippen molar-refractivity contribution in [2.45, 2.75) is 83.7 Å². The summed E-state index contributed by atoms with van der Waals surface area (Å²) < 4.78 is 10.9. The maximum absolute atomic E-state index is 5.75. The van der Waals surface area contributed by atoms with Crippen LogP contribution in [0, 0.1) is 0 Å². The molecule has 2 rings (SSSR count). The molecule has 1 aromatic rings. The van der Waals surface area contributed by atoms with Gasteiger partial charge in [0.2, 0.25) is 0 Å². The Morgan fingerprint density at radius 2 is 1.72 bits per heavy atom. The topological polar surface area (TPSA) is 21.8 Å². The van der Waals surface area contributed by atoms with Crippen molar-refractivity contribution < 1.29 is 9.47 Å². The molecule has 140 valence electrons. The lowest BCUT2D eigenvalue weighted by Crippen LogP contribution is -2.04. The van der Waals surface area contributed by atoms with Gasteiger partial charge in [0, 0.05) is 0 Å². The SMILES string of the molecule is CCCCCCC/C=C/CCCCCc1cccc(OCC2CO2)c1. The van der Waals surface area contributed by atoms with Gasteiger partial charge in [-0.25, -0.2) is 0 Å². The average Bonchev–Trinajstić information content (AvgIpc) is 3.46. The summed E-state index contributed by atoms with van der Waals surface area (Å²) in [4.78, 5) is 0. The molecule has 2 nitrogen and oxygen atoms in total. The minimum atomic E-state index is 0.327. The van der Waals surface area contributed by atoms with Crippen LogP contribution in [0.1, 0.15) is 76.7 Å². The fourth-order valence-corrected chi connectivity index (χ4v) is 3.01. The summed E-state index contributed by atoms with van der Waals surface area (Å²) in [6.07, 6.45) is 19.5. The van der Waals surface area contributed by atoms with E-state index in [9.17, 15) is 0 Å². The van der Waals surface area contributed by atoms with Gasteiger partial charge in [0.1, 0.15) is 18.5 Å². The Bertz CT molecular complexity index is 477. The normalized spacial score (nSPS) is 16.4. The highest BCUT2D eigenvalue weighted by molar-refractivity contribution is 5.28. The molecule has 1 aliphatic heterocycles. The first-order valence-corrected chi connectivity index (χ1v) is 10.4. The minimum absolute atomic E-state index is 0.327. The Kier molecular flexibility index (Phi) is 10.4. The second-order valence-electron chi connectivity index (χ2n) is 7.19. The van der Waals surface area contributed by atoms with E-state index in [0.29, 0.717) is 12.7 Å². The van der Waals surface area contributed by atoms with Crippen LogP contribution in [0.2, 0.25) is 0 Å². The molecule has 1 atom stereocenters. The summed E-state index contributed by atoms with van der Waals surface area (Å²) >= 11 is 0. The van der Waals surface area contributed by atoms with Crippen LogP contribution in [0.4, 0.5) is 0 Å². The Balaban J connectivity index is 1.45. The van der Waals surface area contributed by atoms with E-state index in [1.807, 2.05) is 6.07 Å². The summed E-state index contributed by atoms with van der Waals surface area (Å²) in [5.74, 6) is 0.981. The van der Waals surface area contributed by atoms with Gasteiger partial charge in [-0.2, -0.15) is 0 Å². The number of epoxide rings is 1. The van der Waals surface area contributed by atoms with Crippen molar-refractivity contribution in [3.05, 3.63) is 42.0 Å². The van der Waals surface area contributed by atoms with E-state index in [2.05, 4.69) is 37.3 Å².